The molecule has 3 N–H and O–H groups in total. The van der Waals surface area contributed by atoms with E-state index in [1.807, 2.05) is 0 Å². The van der Waals surface area contributed by atoms with Gasteiger partial charge in [0.1, 0.15) is 11.8 Å². The van der Waals surface area contributed by atoms with E-state index in [1.165, 1.54) is 32.2 Å². The number of pyridine rings is 1. The van der Waals surface area contributed by atoms with Crippen molar-refractivity contribution in [2.24, 2.45) is 11.7 Å². The lowest BCUT2D eigenvalue weighted by atomic mass is 9.75. The van der Waals surface area contributed by atoms with Crippen molar-refractivity contribution in [2.75, 3.05) is 5.32 Å². The van der Waals surface area contributed by atoms with Crippen LogP contribution in [0, 0.1) is 17.6 Å². The van der Waals surface area contributed by atoms with Gasteiger partial charge in [-0.1, -0.05) is 19.9 Å². The fourth-order valence-electron chi connectivity index (χ4n) is 4.16. The molecule has 0 bridgehead atoms. The third-order valence-electron chi connectivity index (χ3n) is 6.15. The highest BCUT2D eigenvalue weighted by Gasteiger charge is 2.65. The minimum atomic E-state index is -4.85. The second-order valence-corrected chi connectivity index (χ2v) is 8.02. The molecule has 3 rings (SSSR count). The van der Waals surface area contributed by atoms with Gasteiger partial charge >= 0.3 is 6.18 Å². The molecule has 2 amide bonds. The van der Waals surface area contributed by atoms with Gasteiger partial charge in [-0.15, -0.1) is 0 Å². The van der Waals surface area contributed by atoms with Crippen molar-refractivity contribution in [1.82, 2.24) is 4.98 Å². The summed E-state index contributed by atoms with van der Waals surface area (Å²) in [6.45, 7) is 3.60. The molecule has 1 fully saturated rings. The number of nitrogens with one attached hydrogen (secondary N) is 1. The minimum Gasteiger partial charge on any atom is -0.364 e. The molecule has 0 radical (unpaired) electrons. The van der Waals surface area contributed by atoms with Crippen LogP contribution in [-0.2, 0) is 16.0 Å². The number of primary amides is 1. The van der Waals surface area contributed by atoms with Gasteiger partial charge in [-0.3, -0.25) is 14.6 Å². The molecule has 1 aliphatic rings. The lowest BCUT2D eigenvalue weighted by Crippen LogP contribution is -2.47. The summed E-state index contributed by atoms with van der Waals surface area (Å²) in [5.74, 6) is -6.69. The SMILES string of the molecule is CCc1c([C@H]2[C@@H](C)[C@](C)(C(F)(F)F)O[C@H]2C(=O)Nc2ccnc(C(N)=O)c2)ccc(F)c1F. The second kappa shape index (κ2) is 8.69. The number of ether oxygens (including phenoxy) is 1. The summed E-state index contributed by atoms with van der Waals surface area (Å²) in [6, 6.07) is 4.47. The summed E-state index contributed by atoms with van der Waals surface area (Å²) in [7, 11) is 0. The lowest BCUT2D eigenvalue weighted by molar-refractivity contribution is -0.272. The molecule has 1 saturated heterocycles. The molecule has 0 spiro atoms. The molecular weight excluding hydrogens is 449 g/mol. The highest BCUT2D eigenvalue weighted by atomic mass is 19.4. The first-order valence-corrected chi connectivity index (χ1v) is 10.1. The normalized spacial score (nSPS) is 25.2. The van der Waals surface area contributed by atoms with Crippen LogP contribution < -0.4 is 11.1 Å². The predicted octanol–water partition coefficient (Wildman–Crippen LogP) is 4.10. The topological polar surface area (TPSA) is 94.3 Å². The highest BCUT2D eigenvalue weighted by Crippen LogP contribution is 2.54. The molecule has 4 atom stereocenters. The van der Waals surface area contributed by atoms with Crippen LogP contribution in [0.3, 0.4) is 0 Å². The van der Waals surface area contributed by atoms with Crippen LogP contribution in [0.5, 0.6) is 0 Å². The van der Waals surface area contributed by atoms with E-state index in [-0.39, 0.29) is 28.9 Å². The monoisotopic (exact) mass is 471 g/mol. The summed E-state index contributed by atoms with van der Waals surface area (Å²) in [4.78, 5) is 28.1. The van der Waals surface area contributed by atoms with Crippen molar-refractivity contribution in [2.45, 2.75) is 51.0 Å². The van der Waals surface area contributed by atoms with E-state index in [1.54, 1.807) is 0 Å². The Balaban J connectivity index is 2.07. The number of nitrogens with two attached hydrogens (primary N) is 1. The van der Waals surface area contributed by atoms with Gasteiger partial charge in [0.15, 0.2) is 17.2 Å². The average molecular weight is 471 g/mol. The van der Waals surface area contributed by atoms with Crippen molar-refractivity contribution >= 4 is 17.5 Å². The molecular formula is C22H22F5N3O3. The van der Waals surface area contributed by atoms with E-state index in [0.717, 1.165) is 19.1 Å². The summed E-state index contributed by atoms with van der Waals surface area (Å²) in [5, 5.41) is 2.41. The quantitative estimate of drug-likeness (QED) is 0.642. The number of hydrogen-bond acceptors (Lipinski definition) is 4. The number of benzene rings is 1. The smallest absolute Gasteiger partial charge is 0.364 e. The highest BCUT2D eigenvalue weighted by molar-refractivity contribution is 5.97. The Morgan fingerprint density at radius 2 is 1.91 bits per heavy atom. The van der Waals surface area contributed by atoms with E-state index in [4.69, 9.17) is 10.5 Å². The number of aromatic nitrogens is 1. The Morgan fingerprint density at radius 3 is 2.48 bits per heavy atom. The summed E-state index contributed by atoms with van der Waals surface area (Å²) < 4.78 is 75.5. The zero-order chi connectivity index (χ0) is 24.7. The van der Waals surface area contributed by atoms with Gasteiger partial charge in [0.2, 0.25) is 0 Å². The Hall–Kier alpha value is -3.08. The first-order valence-electron chi connectivity index (χ1n) is 10.1. The fraction of sp³-hybridized carbons (Fsp3) is 0.409. The Labute approximate surface area is 186 Å². The average Bonchev–Trinajstić information content (AvgIpc) is 3.02. The van der Waals surface area contributed by atoms with Crippen LogP contribution in [0.15, 0.2) is 30.5 Å². The van der Waals surface area contributed by atoms with Crippen LogP contribution in [0.25, 0.3) is 0 Å². The maximum absolute atomic E-state index is 14.5. The van der Waals surface area contributed by atoms with E-state index in [0.29, 0.717) is 0 Å². The number of alkyl halides is 3. The molecule has 0 saturated carbocycles. The first kappa shape index (κ1) is 24.6. The third-order valence-corrected chi connectivity index (χ3v) is 6.15. The Kier molecular flexibility index (Phi) is 6.47. The third kappa shape index (κ3) is 4.29. The number of halogens is 5. The lowest BCUT2D eigenvalue weighted by Gasteiger charge is -2.32. The van der Waals surface area contributed by atoms with Crippen LogP contribution in [0.2, 0.25) is 0 Å². The fourth-order valence-corrected chi connectivity index (χ4v) is 4.16. The van der Waals surface area contributed by atoms with Gasteiger partial charge in [-0.2, -0.15) is 13.2 Å². The van der Waals surface area contributed by atoms with E-state index in [9.17, 15) is 31.5 Å². The molecule has 1 aromatic carbocycles. The molecule has 11 heteroatoms. The standard InChI is InChI=1S/C22H22F5N3O3/c1-4-12-13(5-6-14(23)17(12)24)16-10(2)21(3,22(25,26)27)33-18(16)20(32)30-11-7-8-29-15(9-11)19(28)31/h5-10,16,18H,4H2,1-3H3,(H2,28,31)(H,29,30,32)/t10-,16-,18-,21-/m1/s1. The predicted molar refractivity (Wildman–Crippen MR) is 108 cm³/mol. The van der Waals surface area contributed by atoms with E-state index < -0.39 is 53.2 Å². The number of anilines is 1. The van der Waals surface area contributed by atoms with Crippen molar-refractivity contribution in [3.8, 4) is 0 Å². The zero-order valence-corrected chi connectivity index (χ0v) is 18.0. The van der Waals surface area contributed by atoms with Crippen LogP contribution in [-0.4, -0.2) is 34.7 Å². The van der Waals surface area contributed by atoms with Gasteiger partial charge in [0, 0.05) is 23.7 Å². The van der Waals surface area contributed by atoms with Crippen LogP contribution in [0.1, 0.15) is 48.3 Å². The van der Waals surface area contributed by atoms with Gasteiger partial charge in [-0.25, -0.2) is 8.78 Å². The van der Waals surface area contributed by atoms with Gasteiger partial charge < -0.3 is 15.8 Å². The van der Waals surface area contributed by atoms with Crippen LogP contribution in [0.4, 0.5) is 27.6 Å². The first-order chi connectivity index (χ1) is 15.3. The molecule has 2 aromatic rings. The summed E-state index contributed by atoms with van der Waals surface area (Å²) in [6.07, 6.45) is -5.35. The summed E-state index contributed by atoms with van der Waals surface area (Å²) in [5.41, 5.74) is 2.26. The second-order valence-electron chi connectivity index (χ2n) is 8.02. The molecule has 178 valence electrons. The molecule has 1 aromatic heterocycles. The molecule has 0 unspecified atom stereocenters. The minimum absolute atomic E-state index is 0.00839. The molecule has 6 nitrogen and oxygen atoms in total. The molecule has 1 aliphatic heterocycles. The molecule has 0 aliphatic carbocycles. The summed E-state index contributed by atoms with van der Waals surface area (Å²) >= 11 is 0. The van der Waals surface area contributed by atoms with Crippen molar-refractivity contribution in [3.63, 3.8) is 0 Å². The van der Waals surface area contributed by atoms with Crippen molar-refractivity contribution < 1.29 is 36.3 Å². The number of hydrogen-bond donors (Lipinski definition) is 2. The number of carbonyl (C=O) groups excluding carboxylic acids is 2. The van der Waals surface area contributed by atoms with Crippen molar-refractivity contribution in [1.29, 1.82) is 0 Å². The van der Waals surface area contributed by atoms with Gasteiger partial charge in [-0.05, 0) is 42.7 Å². The number of amides is 2. The van der Waals surface area contributed by atoms with E-state index >= 15 is 0 Å². The number of nitrogens with zero attached hydrogens (tertiary/aromatic N) is 1. The zero-order valence-electron chi connectivity index (χ0n) is 18.0. The molecule has 33 heavy (non-hydrogen) atoms. The number of carbonyl (C=O) groups is 2. The van der Waals surface area contributed by atoms with E-state index in [2.05, 4.69) is 10.3 Å². The van der Waals surface area contributed by atoms with Crippen molar-refractivity contribution in [3.05, 3.63) is 58.9 Å². The van der Waals surface area contributed by atoms with Gasteiger partial charge in [0.25, 0.3) is 11.8 Å². The largest absolute Gasteiger partial charge is 0.417 e. The Bertz CT molecular complexity index is 1090. The Morgan fingerprint density at radius 1 is 1.24 bits per heavy atom. The van der Waals surface area contributed by atoms with Gasteiger partial charge in [0.05, 0.1) is 0 Å². The maximum Gasteiger partial charge on any atom is 0.417 e. The maximum atomic E-state index is 14.5. The van der Waals surface area contributed by atoms with Crippen LogP contribution >= 0.6 is 0 Å². The number of rotatable bonds is 5. The molecule has 2 heterocycles.